The number of fused-ring (bicyclic) bond motifs is 1. The number of aromatic nitrogens is 2. The number of para-hydroxylation sites is 1. The lowest BCUT2D eigenvalue weighted by Gasteiger charge is -2.35. The van der Waals surface area contributed by atoms with Gasteiger partial charge in [-0.3, -0.25) is 13.9 Å². The summed E-state index contributed by atoms with van der Waals surface area (Å²) in [4.78, 5) is 47.5. The highest BCUT2D eigenvalue weighted by Gasteiger charge is 2.36. The van der Waals surface area contributed by atoms with Crippen molar-refractivity contribution in [1.29, 1.82) is 0 Å². The van der Waals surface area contributed by atoms with Crippen LogP contribution < -0.4 is 5.32 Å². The molecule has 9 nitrogen and oxygen atoms in total. The molecule has 0 saturated carbocycles. The molecule has 0 radical (unpaired) electrons. The van der Waals surface area contributed by atoms with Crippen LogP contribution in [-0.2, 0) is 9.53 Å². The Bertz CT molecular complexity index is 1370. The molecule has 0 bridgehead atoms. The molecule has 4 rings (SSSR count). The molecule has 220 valence electrons. The van der Waals surface area contributed by atoms with Crippen LogP contribution in [0.3, 0.4) is 0 Å². The summed E-state index contributed by atoms with van der Waals surface area (Å²) < 4.78 is 8.88. The minimum absolute atomic E-state index is 0.0461. The topological polar surface area (TPSA) is 96.8 Å². The fourth-order valence-electron chi connectivity index (χ4n) is 5.61. The Morgan fingerprint density at radius 1 is 1.02 bits per heavy atom. The van der Waals surface area contributed by atoms with Crippen LogP contribution in [0.4, 0.5) is 0 Å². The first kappa shape index (κ1) is 30.6. The van der Waals surface area contributed by atoms with Crippen LogP contribution in [0.5, 0.6) is 0 Å². The van der Waals surface area contributed by atoms with E-state index in [2.05, 4.69) is 42.6 Å². The van der Waals surface area contributed by atoms with Crippen LogP contribution in [0.2, 0.25) is 0 Å². The maximum absolute atomic E-state index is 14.7. The first-order valence-electron chi connectivity index (χ1n) is 14.4. The molecule has 10 heteroatoms. The largest absolute Gasteiger partial charge is 0.462 e. The number of esters is 1. The summed E-state index contributed by atoms with van der Waals surface area (Å²) in [6, 6.07) is 12.4. The van der Waals surface area contributed by atoms with Crippen molar-refractivity contribution in [3.8, 4) is 0 Å². The molecular formula is C31H41N5O4S. The number of carbonyl (C=O) groups excluding carboxylic acids is 3. The van der Waals surface area contributed by atoms with Gasteiger partial charge in [0.2, 0.25) is 5.91 Å². The average molecular weight is 580 g/mol. The summed E-state index contributed by atoms with van der Waals surface area (Å²) in [6.45, 7) is 14.9. The minimum Gasteiger partial charge on any atom is -0.462 e. The third kappa shape index (κ3) is 6.59. The number of benzene rings is 1. The molecular weight excluding hydrogens is 538 g/mol. The number of hydrogen-bond acceptors (Lipinski definition) is 7. The van der Waals surface area contributed by atoms with E-state index in [1.54, 1.807) is 37.1 Å². The molecule has 1 saturated heterocycles. The van der Waals surface area contributed by atoms with Gasteiger partial charge in [-0.25, -0.2) is 9.78 Å². The third-order valence-electron chi connectivity index (χ3n) is 7.42. The van der Waals surface area contributed by atoms with E-state index in [4.69, 9.17) is 4.74 Å². The van der Waals surface area contributed by atoms with Crippen molar-refractivity contribution in [3.05, 3.63) is 59.9 Å². The van der Waals surface area contributed by atoms with Gasteiger partial charge >= 0.3 is 5.97 Å². The molecule has 1 atom stereocenters. The fourth-order valence-corrected chi connectivity index (χ4v) is 6.58. The Morgan fingerprint density at radius 3 is 2.37 bits per heavy atom. The van der Waals surface area contributed by atoms with Crippen LogP contribution in [-0.4, -0.2) is 75.4 Å². The summed E-state index contributed by atoms with van der Waals surface area (Å²) in [6.07, 6.45) is 1.57. The van der Waals surface area contributed by atoms with Gasteiger partial charge in [0.25, 0.3) is 5.91 Å². The molecule has 1 N–H and O–H groups in total. The van der Waals surface area contributed by atoms with Crippen molar-refractivity contribution in [1.82, 2.24) is 24.1 Å². The molecule has 0 spiro atoms. The van der Waals surface area contributed by atoms with Crippen molar-refractivity contribution in [2.24, 2.45) is 11.8 Å². The van der Waals surface area contributed by atoms with E-state index in [-0.39, 0.29) is 41.9 Å². The van der Waals surface area contributed by atoms with Crippen molar-refractivity contribution in [2.45, 2.75) is 58.7 Å². The van der Waals surface area contributed by atoms with Crippen LogP contribution in [0, 0.1) is 11.8 Å². The van der Waals surface area contributed by atoms with E-state index in [1.807, 2.05) is 30.3 Å². The van der Waals surface area contributed by atoms with Gasteiger partial charge in [0.15, 0.2) is 0 Å². The second kappa shape index (κ2) is 13.5. The van der Waals surface area contributed by atoms with Crippen molar-refractivity contribution >= 4 is 40.6 Å². The monoisotopic (exact) mass is 579 g/mol. The van der Waals surface area contributed by atoms with Crippen LogP contribution >= 0.6 is 11.9 Å². The lowest BCUT2D eigenvalue weighted by molar-refractivity contribution is -0.134. The molecule has 2 amide bonds. The predicted molar refractivity (Wildman–Crippen MR) is 162 cm³/mol. The Morgan fingerprint density at radius 2 is 1.71 bits per heavy atom. The van der Waals surface area contributed by atoms with Crippen molar-refractivity contribution in [3.63, 3.8) is 0 Å². The molecule has 1 fully saturated rings. The molecule has 3 heterocycles. The van der Waals surface area contributed by atoms with Gasteiger partial charge in [0.1, 0.15) is 16.8 Å². The highest BCUT2D eigenvalue weighted by molar-refractivity contribution is 7.97. The number of nitrogens with zero attached hydrogens (tertiary/aromatic N) is 4. The summed E-state index contributed by atoms with van der Waals surface area (Å²) in [5, 5.41) is 4.54. The SMILES string of the molecule is CCOC(=O)c1cccnc1SN(C(=O)c1cc2ccccc2n1C(C(C)C)C(C)C)[C@H](C)C(=O)N1CCNCC1. The molecule has 41 heavy (non-hydrogen) atoms. The number of ether oxygens (including phenoxy) is 1. The first-order valence-corrected chi connectivity index (χ1v) is 15.2. The standard InChI is InChI=1S/C31H41N5O4S/c1-7-40-31(39)24-12-10-14-33-28(24)41-36(22(6)29(37)34-17-15-32-16-18-34)30(38)26-19-23-11-8-9-13-25(23)35(26)27(20(2)3)21(4)5/h8-14,19-22,27,32H,7,15-18H2,1-6H3/t22-/m1/s1. The molecule has 0 aliphatic carbocycles. The normalized spacial score (nSPS) is 14.6. The minimum atomic E-state index is -0.814. The smallest absolute Gasteiger partial charge is 0.340 e. The summed E-state index contributed by atoms with van der Waals surface area (Å²) >= 11 is 1.02. The number of carbonyl (C=O) groups is 3. The van der Waals surface area contributed by atoms with Crippen LogP contribution in [0.15, 0.2) is 53.7 Å². The highest BCUT2D eigenvalue weighted by Crippen LogP contribution is 2.36. The zero-order valence-corrected chi connectivity index (χ0v) is 25.6. The second-order valence-electron chi connectivity index (χ2n) is 11.0. The Labute approximate surface area is 246 Å². The van der Waals surface area contributed by atoms with E-state index >= 15 is 0 Å². The molecule has 2 aromatic heterocycles. The fraction of sp³-hybridized carbons (Fsp3) is 0.484. The number of hydrogen-bond donors (Lipinski definition) is 1. The van der Waals surface area contributed by atoms with Gasteiger partial charge in [-0.05, 0) is 49.9 Å². The molecule has 1 aliphatic rings. The van der Waals surface area contributed by atoms with Gasteiger partial charge in [-0.1, -0.05) is 45.9 Å². The highest BCUT2D eigenvalue weighted by atomic mass is 32.2. The van der Waals surface area contributed by atoms with Gasteiger partial charge in [-0.15, -0.1) is 0 Å². The second-order valence-corrected chi connectivity index (χ2v) is 11.9. The van der Waals surface area contributed by atoms with E-state index in [1.165, 1.54) is 4.31 Å². The first-order chi connectivity index (χ1) is 19.6. The Kier molecular flexibility index (Phi) is 10.1. The number of nitrogens with one attached hydrogen (secondary N) is 1. The summed E-state index contributed by atoms with van der Waals surface area (Å²) in [5.41, 5.74) is 1.72. The quantitative estimate of drug-likeness (QED) is 0.266. The van der Waals surface area contributed by atoms with Gasteiger partial charge < -0.3 is 19.5 Å². The Balaban J connectivity index is 1.84. The Hall–Kier alpha value is -3.37. The van der Waals surface area contributed by atoms with Crippen LogP contribution in [0.1, 0.15) is 68.4 Å². The average Bonchev–Trinajstić information content (AvgIpc) is 3.34. The predicted octanol–water partition coefficient (Wildman–Crippen LogP) is 5.04. The lowest BCUT2D eigenvalue weighted by Crippen LogP contribution is -2.53. The number of rotatable bonds is 10. The zero-order valence-electron chi connectivity index (χ0n) is 24.8. The van der Waals surface area contributed by atoms with E-state index < -0.39 is 12.0 Å². The van der Waals surface area contributed by atoms with Gasteiger partial charge in [-0.2, -0.15) is 0 Å². The molecule has 1 aliphatic heterocycles. The molecule has 1 aromatic carbocycles. The van der Waals surface area contributed by atoms with Gasteiger partial charge in [0.05, 0.1) is 12.2 Å². The maximum Gasteiger partial charge on any atom is 0.340 e. The van der Waals surface area contributed by atoms with Gasteiger partial charge in [0, 0.05) is 61.3 Å². The number of amides is 2. The summed E-state index contributed by atoms with van der Waals surface area (Å²) in [7, 11) is 0. The van der Waals surface area contributed by atoms with Crippen molar-refractivity contribution < 1.29 is 19.1 Å². The van der Waals surface area contributed by atoms with E-state index in [0.29, 0.717) is 36.9 Å². The maximum atomic E-state index is 14.7. The van der Waals surface area contributed by atoms with E-state index in [9.17, 15) is 14.4 Å². The lowest BCUT2D eigenvalue weighted by atomic mass is 9.92. The van der Waals surface area contributed by atoms with E-state index in [0.717, 1.165) is 22.9 Å². The van der Waals surface area contributed by atoms with Crippen molar-refractivity contribution in [2.75, 3.05) is 32.8 Å². The molecule has 3 aromatic rings. The zero-order chi connectivity index (χ0) is 29.7. The number of pyridine rings is 1. The number of piperazine rings is 1. The third-order valence-corrected chi connectivity index (χ3v) is 8.60. The molecule has 0 unspecified atom stereocenters. The van der Waals surface area contributed by atoms with Crippen LogP contribution in [0.25, 0.3) is 10.9 Å². The summed E-state index contributed by atoms with van der Waals surface area (Å²) in [5.74, 6) is -0.471.